The van der Waals surface area contributed by atoms with Crippen molar-refractivity contribution >= 4 is 24.8 Å². The van der Waals surface area contributed by atoms with Crippen molar-refractivity contribution in [2.75, 3.05) is 19.6 Å². The van der Waals surface area contributed by atoms with Crippen LogP contribution in [0, 0.1) is 0 Å². The van der Waals surface area contributed by atoms with Crippen molar-refractivity contribution in [2.24, 2.45) is 0 Å². The lowest BCUT2D eigenvalue weighted by molar-refractivity contribution is 0.200. The van der Waals surface area contributed by atoms with Gasteiger partial charge in [-0.3, -0.25) is 0 Å². The van der Waals surface area contributed by atoms with E-state index in [2.05, 4.69) is 10.6 Å². The molecule has 13 heavy (non-hydrogen) atoms. The van der Waals surface area contributed by atoms with Crippen LogP contribution in [-0.4, -0.2) is 25.2 Å². The molecule has 2 aliphatic rings. The van der Waals surface area contributed by atoms with Crippen LogP contribution in [0.1, 0.15) is 32.1 Å². The number of hydrogen-bond donors (Lipinski definition) is 2. The summed E-state index contributed by atoms with van der Waals surface area (Å²) in [4.78, 5) is 0. The largest absolute Gasteiger partial charge is 0.314 e. The number of piperazine rings is 1. The summed E-state index contributed by atoms with van der Waals surface area (Å²) in [5.74, 6) is 0. The van der Waals surface area contributed by atoms with Gasteiger partial charge in [0, 0.05) is 25.2 Å². The third-order valence-corrected chi connectivity index (χ3v) is 3.08. The molecule has 0 aromatic heterocycles. The lowest BCUT2D eigenvalue weighted by Crippen LogP contribution is -2.59. The van der Waals surface area contributed by atoms with Crippen molar-refractivity contribution in [3.05, 3.63) is 0 Å². The van der Waals surface area contributed by atoms with Crippen molar-refractivity contribution in [3.63, 3.8) is 0 Å². The highest BCUT2D eigenvalue weighted by atomic mass is 35.5. The Balaban J connectivity index is 0.000000720. The van der Waals surface area contributed by atoms with Gasteiger partial charge in [0.2, 0.25) is 0 Å². The fourth-order valence-corrected chi connectivity index (χ4v) is 2.39. The van der Waals surface area contributed by atoms with Crippen LogP contribution in [0.15, 0.2) is 0 Å². The smallest absolute Gasteiger partial charge is 0.0306 e. The second kappa shape index (κ2) is 6.07. The minimum absolute atomic E-state index is 0. The zero-order valence-corrected chi connectivity index (χ0v) is 9.61. The van der Waals surface area contributed by atoms with Crippen molar-refractivity contribution in [1.82, 2.24) is 10.6 Å². The fraction of sp³-hybridized carbons (Fsp3) is 1.00. The molecule has 0 radical (unpaired) electrons. The highest BCUT2D eigenvalue weighted by Gasteiger charge is 2.32. The molecule has 0 aromatic rings. The van der Waals surface area contributed by atoms with Crippen molar-refractivity contribution in [1.29, 1.82) is 0 Å². The highest BCUT2D eigenvalue weighted by Crippen LogP contribution is 2.28. The summed E-state index contributed by atoms with van der Waals surface area (Å²) in [6.45, 7) is 3.52. The Morgan fingerprint density at radius 2 is 1.54 bits per heavy atom. The van der Waals surface area contributed by atoms with Crippen LogP contribution in [0.3, 0.4) is 0 Å². The third-order valence-electron chi connectivity index (χ3n) is 3.08. The lowest BCUT2D eigenvalue weighted by Gasteiger charge is -2.41. The molecule has 2 nitrogen and oxygen atoms in total. The van der Waals surface area contributed by atoms with Crippen LogP contribution in [0.2, 0.25) is 0 Å². The van der Waals surface area contributed by atoms with Crippen molar-refractivity contribution < 1.29 is 0 Å². The van der Waals surface area contributed by atoms with Crippen LogP contribution in [0.4, 0.5) is 0 Å². The Morgan fingerprint density at radius 3 is 2.08 bits per heavy atom. The minimum Gasteiger partial charge on any atom is -0.314 e. The molecule has 2 rings (SSSR count). The highest BCUT2D eigenvalue weighted by molar-refractivity contribution is 5.85. The van der Waals surface area contributed by atoms with Gasteiger partial charge < -0.3 is 10.6 Å². The predicted octanol–water partition coefficient (Wildman–Crippen LogP) is 1.73. The van der Waals surface area contributed by atoms with E-state index in [-0.39, 0.29) is 24.8 Å². The van der Waals surface area contributed by atoms with Crippen LogP contribution in [-0.2, 0) is 0 Å². The molecule has 80 valence electrons. The molecule has 4 heteroatoms. The maximum Gasteiger partial charge on any atom is 0.0306 e. The van der Waals surface area contributed by atoms with Crippen LogP contribution in [0.25, 0.3) is 0 Å². The van der Waals surface area contributed by atoms with Gasteiger partial charge in [0.1, 0.15) is 0 Å². The zero-order chi connectivity index (χ0) is 7.57. The molecule has 0 atom stereocenters. The Kier molecular flexibility index (Phi) is 6.31. The lowest BCUT2D eigenvalue weighted by atomic mass is 9.81. The number of halogens is 2. The first-order valence-corrected chi connectivity index (χ1v) is 4.87. The summed E-state index contributed by atoms with van der Waals surface area (Å²) in [7, 11) is 0. The molecule has 0 bridgehead atoms. The molecule has 1 aliphatic carbocycles. The molecule has 2 N–H and O–H groups in total. The summed E-state index contributed by atoms with van der Waals surface area (Å²) < 4.78 is 0. The van der Waals surface area contributed by atoms with Gasteiger partial charge in [0.15, 0.2) is 0 Å². The zero-order valence-electron chi connectivity index (χ0n) is 7.97. The first-order valence-electron chi connectivity index (χ1n) is 4.87. The molecule has 1 heterocycles. The van der Waals surface area contributed by atoms with Crippen molar-refractivity contribution in [2.45, 2.75) is 37.6 Å². The van der Waals surface area contributed by atoms with E-state index in [1.807, 2.05) is 0 Å². The van der Waals surface area contributed by atoms with Crippen molar-refractivity contribution in [3.8, 4) is 0 Å². The molecule has 0 aromatic carbocycles. The van der Waals surface area contributed by atoms with E-state index in [1.54, 1.807) is 0 Å². The average Bonchev–Trinajstić information content (AvgIpc) is 2.07. The Bertz CT molecular complexity index is 110. The monoisotopic (exact) mass is 226 g/mol. The SMILES string of the molecule is C1CCC2(CC1)CNCCN2.Cl.Cl. The van der Waals surface area contributed by atoms with Crippen LogP contribution >= 0.6 is 24.8 Å². The predicted molar refractivity (Wildman–Crippen MR) is 61.2 cm³/mol. The van der Waals surface area contributed by atoms with Gasteiger partial charge in [-0.2, -0.15) is 0 Å². The fourth-order valence-electron chi connectivity index (χ4n) is 2.39. The maximum atomic E-state index is 3.67. The molecule has 0 amide bonds. The third kappa shape index (κ3) is 3.28. The molecule has 1 saturated heterocycles. The topological polar surface area (TPSA) is 24.1 Å². The second-order valence-electron chi connectivity index (χ2n) is 3.94. The molecule has 2 fully saturated rings. The maximum absolute atomic E-state index is 3.67. The first kappa shape index (κ1) is 13.5. The van der Waals surface area contributed by atoms with Gasteiger partial charge in [0.05, 0.1) is 0 Å². The standard InChI is InChI=1S/C9H18N2.2ClH/c1-2-4-9(5-3-1)8-10-6-7-11-9;;/h10-11H,1-8H2;2*1H. The number of rotatable bonds is 0. The summed E-state index contributed by atoms with van der Waals surface area (Å²) >= 11 is 0. The summed E-state index contributed by atoms with van der Waals surface area (Å²) in [5, 5.41) is 7.15. The average molecular weight is 227 g/mol. The van der Waals surface area contributed by atoms with Gasteiger partial charge >= 0.3 is 0 Å². The van der Waals surface area contributed by atoms with Gasteiger partial charge in [-0.05, 0) is 12.8 Å². The number of hydrogen-bond acceptors (Lipinski definition) is 2. The van der Waals surface area contributed by atoms with Gasteiger partial charge in [-0.25, -0.2) is 0 Å². The van der Waals surface area contributed by atoms with E-state index >= 15 is 0 Å². The van der Waals surface area contributed by atoms with E-state index in [9.17, 15) is 0 Å². The Labute approximate surface area is 93.1 Å². The van der Waals surface area contributed by atoms with Gasteiger partial charge in [0.25, 0.3) is 0 Å². The van der Waals surface area contributed by atoms with E-state index in [0.29, 0.717) is 5.54 Å². The van der Waals surface area contributed by atoms with E-state index in [1.165, 1.54) is 45.2 Å². The first-order chi connectivity index (χ1) is 5.41. The normalized spacial score (nSPS) is 25.8. The molecule has 1 saturated carbocycles. The molecular weight excluding hydrogens is 207 g/mol. The molecule has 0 unspecified atom stereocenters. The minimum atomic E-state index is 0. The molecule has 1 spiro atoms. The Morgan fingerprint density at radius 1 is 0.846 bits per heavy atom. The van der Waals surface area contributed by atoms with E-state index < -0.39 is 0 Å². The van der Waals surface area contributed by atoms with Gasteiger partial charge in [-0.15, -0.1) is 24.8 Å². The van der Waals surface area contributed by atoms with Crippen LogP contribution in [0.5, 0.6) is 0 Å². The second-order valence-corrected chi connectivity index (χ2v) is 3.94. The summed E-state index contributed by atoms with van der Waals surface area (Å²) in [6, 6.07) is 0. The molecule has 1 aliphatic heterocycles. The summed E-state index contributed by atoms with van der Waals surface area (Å²) in [5.41, 5.74) is 0.497. The summed E-state index contributed by atoms with van der Waals surface area (Å²) in [6.07, 6.45) is 7.08. The number of nitrogens with one attached hydrogen (secondary N) is 2. The van der Waals surface area contributed by atoms with E-state index in [0.717, 1.165) is 6.54 Å². The van der Waals surface area contributed by atoms with E-state index in [4.69, 9.17) is 0 Å². The van der Waals surface area contributed by atoms with Gasteiger partial charge in [-0.1, -0.05) is 19.3 Å². The quantitative estimate of drug-likeness (QED) is 0.658. The Hall–Kier alpha value is 0.500. The molecular formula is C9H20Cl2N2. The van der Waals surface area contributed by atoms with Crippen LogP contribution < -0.4 is 10.6 Å².